The first-order chi connectivity index (χ1) is 12.3. The highest BCUT2D eigenvalue weighted by molar-refractivity contribution is 7.15. The van der Waals surface area contributed by atoms with Crippen LogP contribution in [-0.2, 0) is 17.8 Å². The molecule has 3 aromatic rings. The van der Waals surface area contributed by atoms with Crippen molar-refractivity contribution in [2.45, 2.75) is 33.7 Å². The number of aryl methyl sites for hydroxylation is 2. The van der Waals surface area contributed by atoms with E-state index in [1.165, 1.54) is 11.3 Å². The predicted molar refractivity (Wildman–Crippen MR) is 104 cm³/mol. The average molecular weight is 410 g/mol. The SMILES string of the molecule is Cc1nc(NC(=O)Cc2nnn(Cc3ccc(Cl)c(Cl)c3)c2C)sc1C. The minimum Gasteiger partial charge on any atom is -0.302 e. The van der Waals surface area contributed by atoms with Crippen LogP contribution in [-0.4, -0.2) is 25.9 Å². The Bertz CT molecular complexity index is 947. The van der Waals surface area contributed by atoms with Crippen LogP contribution in [0.25, 0.3) is 0 Å². The number of anilines is 1. The van der Waals surface area contributed by atoms with Crippen LogP contribution in [0.2, 0.25) is 10.0 Å². The summed E-state index contributed by atoms with van der Waals surface area (Å²) in [6, 6.07) is 5.43. The lowest BCUT2D eigenvalue weighted by atomic mass is 10.2. The molecule has 0 fully saturated rings. The zero-order chi connectivity index (χ0) is 18.8. The van der Waals surface area contributed by atoms with Gasteiger partial charge in [0.2, 0.25) is 5.91 Å². The highest BCUT2D eigenvalue weighted by atomic mass is 35.5. The van der Waals surface area contributed by atoms with Crippen molar-refractivity contribution in [2.75, 3.05) is 5.32 Å². The Morgan fingerprint density at radius 3 is 2.65 bits per heavy atom. The molecule has 0 aliphatic rings. The number of nitrogens with one attached hydrogen (secondary N) is 1. The van der Waals surface area contributed by atoms with Gasteiger partial charge in [-0.2, -0.15) is 0 Å². The fourth-order valence-corrected chi connectivity index (χ4v) is 3.51. The van der Waals surface area contributed by atoms with Gasteiger partial charge >= 0.3 is 0 Å². The predicted octanol–water partition coefficient (Wildman–Crippen LogP) is 4.20. The van der Waals surface area contributed by atoms with E-state index in [0.29, 0.717) is 27.4 Å². The normalized spacial score (nSPS) is 11.0. The van der Waals surface area contributed by atoms with Crippen LogP contribution in [0.1, 0.15) is 27.5 Å². The molecule has 6 nitrogen and oxygen atoms in total. The summed E-state index contributed by atoms with van der Waals surface area (Å²) in [6.45, 7) is 6.28. The quantitative estimate of drug-likeness (QED) is 0.685. The Labute approximate surface area is 165 Å². The minimum atomic E-state index is -0.163. The van der Waals surface area contributed by atoms with Gasteiger partial charge in [-0.05, 0) is 38.5 Å². The van der Waals surface area contributed by atoms with Crippen LogP contribution in [0.3, 0.4) is 0 Å². The maximum absolute atomic E-state index is 12.3. The Morgan fingerprint density at radius 1 is 1.23 bits per heavy atom. The second-order valence-electron chi connectivity index (χ2n) is 5.91. The van der Waals surface area contributed by atoms with E-state index in [1.54, 1.807) is 16.8 Å². The van der Waals surface area contributed by atoms with E-state index in [9.17, 15) is 4.79 Å². The molecule has 9 heteroatoms. The van der Waals surface area contributed by atoms with E-state index in [-0.39, 0.29) is 12.3 Å². The molecule has 1 N–H and O–H groups in total. The van der Waals surface area contributed by atoms with Gasteiger partial charge in [0.15, 0.2) is 5.13 Å². The molecule has 0 atom stereocenters. The lowest BCUT2D eigenvalue weighted by molar-refractivity contribution is -0.115. The smallest absolute Gasteiger partial charge is 0.232 e. The summed E-state index contributed by atoms with van der Waals surface area (Å²) in [5.41, 5.74) is 3.34. The summed E-state index contributed by atoms with van der Waals surface area (Å²) in [6.07, 6.45) is 0.144. The van der Waals surface area contributed by atoms with E-state index in [2.05, 4.69) is 20.6 Å². The molecule has 26 heavy (non-hydrogen) atoms. The number of aromatic nitrogens is 4. The van der Waals surface area contributed by atoms with Gasteiger partial charge in [-0.1, -0.05) is 34.5 Å². The first-order valence-electron chi connectivity index (χ1n) is 7.90. The largest absolute Gasteiger partial charge is 0.302 e. The van der Waals surface area contributed by atoms with Gasteiger partial charge in [0.05, 0.1) is 40.1 Å². The molecule has 0 aliphatic carbocycles. The molecule has 136 valence electrons. The van der Waals surface area contributed by atoms with Crippen molar-refractivity contribution < 1.29 is 4.79 Å². The third kappa shape index (κ3) is 4.23. The van der Waals surface area contributed by atoms with Crippen molar-refractivity contribution in [1.29, 1.82) is 0 Å². The number of halogens is 2. The molecule has 0 saturated carbocycles. The second kappa shape index (κ2) is 7.73. The van der Waals surface area contributed by atoms with Gasteiger partial charge < -0.3 is 5.32 Å². The topological polar surface area (TPSA) is 72.7 Å². The minimum absolute atomic E-state index is 0.144. The molecule has 0 radical (unpaired) electrons. The molecule has 2 aromatic heterocycles. The summed E-state index contributed by atoms with van der Waals surface area (Å²) in [4.78, 5) is 17.7. The van der Waals surface area contributed by atoms with Gasteiger partial charge in [0, 0.05) is 4.88 Å². The Morgan fingerprint density at radius 2 is 2.00 bits per heavy atom. The number of benzene rings is 1. The van der Waals surface area contributed by atoms with Crippen molar-refractivity contribution in [3.63, 3.8) is 0 Å². The molecule has 0 spiro atoms. The Hall–Kier alpha value is -1.96. The highest BCUT2D eigenvalue weighted by Crippen LogP contribution is 2.23. The van der Waals surface area contributed by atoms with Crippen LogP contribution >= 0.6 is 34.5 Å². The van der Waals surface area contributed by atoms with E-state index in [1.807, 2.05) is 26.8 Å². The first kappa shape index (κ1) is 18.8. The van der Waals surface area contributed by atoms with Crippen LogP contribution in [0.5, 0.6) is 0 Å². The first-order valence-corrected chi connectivity index (χ1v) is 9.47. The fraction of sp³-hybridized carbons (Fsp3) is 0.294. The summed E-state index contributed by atoms with van der Waals surface area (Å²) in [7, 11) is 0. The van der Waals surface area contributed by atoms with Crippen molar-refractivity contribution in [1.82, 2.24) is 20.0 Å². The molecular weight excluding hydrogens is 393 g/mol. The number of carbonyl (C=O) groups excluding carboxylic acids is 1. The van der Waals surface area contributed by atoms with E-state index in [4.69, 9.17) is 23.2 Å². The molecule has 3 rings (SSSR count). The van der Waals surface area contributed by atoms with E-state index < -0.39 is 0 Å². The maximum atomic E-state index is 12.3. The number of hydrogen-bond acceptors (Lipinski definition) is 5. The zero-order valence-corrected chi connectivity index (χ0v) is 16.8. The van der Waals surface area contributed by atoms with Crippen molar-refractivity contribution in [3.05, 3.63) is 55.8 Å². The molecular formula is C17H17Cl2N5OS. The number of nitrogens with zero attached hydrogens (tertiary/aromatic N) is 4. The highest BCUT2D eigenvalue weighted by Gasteiger charge is 2.15. The number of carbonyl (C=O) groups is 1. The summed E-state index contributed by atoms with van der Waals surface area (Å²) in [5, 5.41) is 12.7. The van der Waals surface area contributed by atoms with E-state index >= 15 is 0 Å². The molecule has 0 saturated heterocycles. The Balaban J connectivity index is 1.68. The third-order valence-electron chi connectivity index (χ3n) is 4.00. The fourth-order valence-electron chi connectivity index (χ4n) is 2.36. The number of thiazole rings is 1. The Kier molecular flexibility index (Phi) is 5.60. The van der Waals surface area contributed by atoms with E-state index in [0.717, 1.165) is 21.8 Å². The van der Waals surface area contributed by atoms with Gasteiger partial charge in [0.25, 0.3) is 0 Å². The standard InChI is InChI=1S/C17H17Cl2N5OS/c1-9-11(3)26-17(20-9)21-16(25)7-15-10(2)24(23-22-15)8-12-4-5-13(18)14(19)6-12/h4-6H,7-8H2,1-3H3,(H,20,21,25). The van der Waals surface area contributed by atoms with Crippen LogP contribution in [0.4, 0.5) is 5.13 Å². The number of rotatable bonds is 5. The molecule has 2 heterocycles. The number of hydrogen-bond donors (Lipinski definition) is 1. The van der Waals surface area contributed by atoms with Gasteiger partial charge in [-0.3, -0.25) is 4.79 Å². The van der Waals surface area contributed by atoms with Crippen molar-refractivity contribution in [2.24, 2.45) is 0 Å². The molecule has 1 amide bonds. The molecule has 0 unspecified atom stereocenters. The lowest BCUT2D eigenvalue weighted by Crippen LogP contribution is -2.15. The second-order valence-corrected chi connectivity index (χ2v) is 7.93. The molecule has 0 aliphatic heterocycles. The van der Waals surface area contributed by atoms with Crippen LogP contribution < -0.4 is 5.32 Å². The molecule has 0 bridgehead atoms. The monoisotopic (exact) mass is 409 g/mol. The van der Waals surface area contributed by atoms with Crippen LogP contribution in [0.15, 0.2) is 18.2 Å². The zero-order valence-electron chi connectivity index (χ0n) is 14.5. The van der Waals surface area contributed by atoms with Crippen molar-refractivity contribution >= 4 is 45.6 Å². The third-order valence-corrected chi connectivity index (χ3v) is 5.72. The average Bonchev–Trinajstić information content (AvgIpc) is 3.07. The number of amides is 1. The van der Waals surface area contributed by atoms with Gasteiger partial charge in [-0.25, -0.2) is 9.67 Å². The lowest BCUT2D eigenvalue weighted by Gasteiger charge is -2.06. The summed E-state index contributed by atoms with van der Waals surface area (Å²) < 4.78 is 1.74. The van der Waals surface area contributed by atoms with Crippen molar-refractivity contribution in [3.8, 4) is 0 Å². The van der Waals surface area contributed by atoms with Crippen LogP contribution in [0, 0.1) is 20.8 Å². The summed E-state index contributed by atoms with van der Waals surface area (Å²) in [5.74, 6) is -0.163. The molecule has 1 aromatic carbocycles. The summed E-state index contributed by atoms with van der Waals surface area (Å²) >= 11 is 13.4. The van der Waals surface area contributed by atoms with Gasteiger partial charge in [0.1, 0.15) is 0 Å². The van der Waals surface area contributed by atoms with Gasteiger partial charge in [-0.15, -0.1) is 16.4 Å². The maximum Gasteiger partial charge on any atom is 0.232 e.